The van der Waals surface area contributed by atoms with Gasteiger partial charge < -0.3 is 9.80 Å². The summed E-state index contributed by atoms with van der Waals surface area (Å²) < 4.78 is 0. The van der Waals surface area contributed by atoms with Gasteiger partial charge in [-0.1, -0.05) is 25.3 Å². The minimum Gasteiger partial charge on any atom is -0.338 e. The molecule has 1 saturated carbocycles. The van der Waals surface area contributed by atoms with Crippen molar-refractivity contribution in [1.82, 2.24) is 14.7 Å². The number of likely N-dealkylation sites (tertiary alicyclic amines) is 2. The average molecular weight is 305 g/mol. The van der Waals surface area contributed by atoms with Crippen LogP contribution in [0.5, 0.6) is 0 Å². The second kappa shape index (κ2) is 6.71. The molecule has 0 radical (unpaired) electrons. The Morgan fingerprint density at radius 3 is 2.59 bits per heavy atom. The summed E-state index contributed by atoms with van der Waals surface area (Å²) in [5, 5.41) is 0. The molecule has 2 aliphatic heterocycles. The van der Waals surface area contributed by atoms with Gasteiger partial charge in [0.1, 0.15) is 0 Å². The summed E-state index contributed by atoms with van der Waals surface area (Å²) in [7, 11) is 4.04. The van der Waals surface area contributed by atoms with Gasteiger partial charge in [-0.25, -0.2) is 0 Å². The Balaban J connectivity index is 1.45. The smallest absolute Gasteiger partial charge is 0.246 e. The van der Waals surface area contributed by atoms with E-state index in [1.807, 2.05) is 20.2 Å². The quantitative estimate of drug-likeness (QED) is 0.743. The monoisotopic (exact) mass is 305 g/mol. The average Bonchev–Trinajstić information content (AvgIpc) is 2.92. The number of nitrogens with zero attached hydrogens (tertiary/aromatic N) is 3. The summed E-state index contributed by atoms with van der Waals surface area (Å²) in [4.78, 5) is 19.1. The van der Waals surface area contributed by atoms with Crippen molar-refractivity contribution in [3.05, 3.63) is 12.2 Å². The first-order valence-corrected chi connectivity index (χ1v) is 8.92. The highest BCUT2D eigenvalue weighted by Gasteiger charge is 2.49. The summed E-state index contributed by atoms with van der Waals surface area (Å²) >= 11 is 0. The highest BCUT2D eigenvalue weighted by atomic mass is 16.2. The van der Waals surface area contributed by atoms with E-state index in [0.717, 1.165) is 25.7 Å². The minimum absolute atomic E-state index is 0.204. The first-order valence-electron chi connectivity index (χ1n) is 8.92. The third-order valence-electron chi connectivity index (χ3n) is 5.65. The molecule has 3 rings (SSSR count). The Hall–Kier alpha value is -0.870. The van der Waals surface area contributed by atoms with E-state index in [4.69, 9.17) is 0 Å². The van der Waals surface area contributed by atoms with Crippen LogP contribution in [0.15, 0.2) is 12.2 Å². The fraction of sp³-hybridized carbons (Fsp3) is 0.833. The first-order chi connectivity index (χ1) is 10.6. The van der Waals surface area contributed by atoms with Crippen molar-refractivity contribution >= 4 is 5.91 Å². The topological polar surface area (TPSA) is 26.8 Å². The van der Waals surface area contributed by atoms with Crippen molar-refractivity contribution in [3.63, 3.8) is 0 Å². The van der Waals surface area contributed by atoms with Gasteiger partial charge in [-0.3, -0.25) is 9.69 Å². The number of carbonyl (C=O) groups excluding carboxylic acids is 1. The Kier molecular flexibility index (Phi) is 4.88. The summed E-state index contributed by atoms with van der Waals surface area (Å²) in [5.41, 5.74) is 0.419. The van der Waals surface area contributed by atoms with E-state index in [2.05, 4.69) is 14.7 Å². The van der Waals surface area contributed by atoms with E-state index >= 15 is 0 Å². The van der Waals surface area contributed by atoms with Gasteiger partial charge in [-0.15, -0.1) is 0 Å². The van der Waals surface area contributed by atoms with E-state index in [9.17, 15) is 4.79 Å². The molecule has 2 saturated heterocycles. The largest absolute Gasteiger partial charge is 0.338 e. The summed E-state index contributed by atoms with van der Waals surface area (Å²) in [6, 6.07) is 0.837. The lowest BCUT2D eigenvalue weighted by Crippen LogP contribution is -2.61. The molecule has 0 unspecified atom stereocenters. The molecule has 1 aliphatic carbocycles. The van der Waals surface area contributed by atoms with E-state index in [-0.39, 0.29) is 5.91 Å². The van der Waals surface area contributed by atoms with Crippen molar-refractivity contribution in [3.8, 4) is 0 Å². The first kappa shape index (κ1) is 16.0. The number of hydrogen-bond donors (Lipinski definition) is 0. The molecule has 124 valence electrons. The maximum Gasteiger partial charge on any atom is 0.246 e. The number of likely N-dealkylation sites (N-methyl/N-ethyl adjacent to an activating group) is 1. The number of hydrogen-bond acceptors (Lipinski definition) is 3. The van der Waals surface area contributed by atoms with Crippen LogP contribution in [0.3, 0.4) is 0 Å². The molecule has 4 nitrogen and oxygen atoms in total. The molecule has 0 aromatic carbocycles. The van der Waals surface area contributed by atoms with Crippen molar-refractivity contribution in [2.24, 2.45) is 5.41 Å². The Morgan fingerprint density at radius 2 is 1.91 bits per heavy atom. The lowest BCUT2D eigenvalue weighted by atomic mass is 9.76. The molecule has 1 spiro atoms. The molecule has 0 aromatic heterocycles. The predicted octanol–water partition coefficient (Wildman–Crippen LogP) is 1.97. The molecule has 2 heterocycles. The zero-order valence-corrected chi connectivity index (χ0v) is 14.3. The molecule has 1 amide bonds. The summed E-state index contributed by atoms with van der Waals surface area (Å²) in [6.45, 7) is 5.21. The third kappa shape index (κ3) is 3.54. The number of amides is 1. The van der Waals surface area contributed by atoms with Crippen molar-refractivity contribution in [1.29, 1.82) is 0 Å². The van der Waals surface area contributed by atoms with Gasteiger partial charge in [-0.2, -0.15) is 0 Å². The van der Waals surface area contributed by atoms with Crippen LogP contribution in [0.4, 0.5) is 0 Å². The van der Waals surface area contributed by atoms with Crippen LogP contribution in [-0.2, 0) is 4.79 Å². The van der Waals surface area contributed by atoms with Crippen LogP contribution < -0.4 is 0 Å². The summed E-state index contributed by atoms with van der Waals surface area (Å²) in [5.74, 6) is 0.204. The lowest BCUT2D eigenvalue weighted by Gasteiger charge is -2.52. The Labute approximate surface area is 135 Å². The van der Waals surface area contributed by atoms with Gasteiger partial charge >= 0.3 is 0 Å². The Morgan fingerprint density at radius 1 is 1.18 bits per heavy atom. The molecule has 0 N–H and O–H groups in total. The van der Waals surface area contributed by atoms with Gasteiger partial charge in [0.25, 0.3) is 0 Å². The molecular formula is C18H31N3O. The van der Waals surface area contributed by atoms with Gasteiger partial charge in [0.2, 0.25) is 5.91 Å². The van der Waals surface area contributed by atoms with Crippen LogP contribution in [0, 0.1) is 5.41 Å². The zero-order chi connectivity index (χ0) is 15.6. The van der Waals surface area contributed by atoms with Gasteiger partial charge in [0.05, 0.1) is 0 Å². The molecule has 0 bridgehead atoms. The number of rotatable bonds is 4. The van der Waals surface area contributed by atoms with E-state index in [1.165, 1.54) is 51.6 Å². The fourth-order valence-corrected chi connectivity index (χ4v) is 4.37. The van der Waals surface area contributed by atoms with E-state index < -0.39 is 0 Å². The van der Waals surface area contributed by atoms with E-state index in [0.29, 0.717) is 5.41 Å². The van der Waals surface area contributed by atoms with Crippen LogP contribution in [0.1, 0.15) is 38.5 Å². The highest BCUT2D eigenvalue weighted by Crippen LogP contribution is 2.42. The van der Waals surface area contributed by atoms with Crippen LogP contribution in [-0.4, -0.2) is 73.5 Å². The van der Waals surface area contributed by atoms with Crippen LogP contribution in [0.2, 0.25) is 0 Å². The molecule has 0 atom stereocenters. The maximum absolute atomic E-state index is 12.2. The number of carbonyl (C=O) groups is 1. The zero-order valence-electron chi connectivity index (χ0n) is 14.3. The second-order valence-electron chi connectivity index (χ2n) is 7.87. The molecule has 22 heavy (non-hydrogen) atoms. The molecular weight excluding hydrogens is 274 g/mol. The van der Waals surface area contributed by atoms with Crippen molar-refractivity contribution in [2.45, 2.75) is 44.6 Å². The molecule has 0 aromatic rings. The SMILES string of the molecule is CN(C)C/C=C/C(=O)N1CCC2(C1)CN(C1CCCCC1)C2. The maximum atomic E-state index is 12.2. The van der Waals surface area contributed by atoms with Gasteiger partial charge in [-0.05, 0) is 33.4 Å². The fourth-order valence-electron chi connectivity index (χ4n) is 4.37. The van der Waals surface area contributed by atoms with Crippen LogP contribution in [0.25, 0.3) is 0 Å². The van der Waals surface area contributed by atoms with Gasteiger partial charge in [0, 0.05) is 50.3 Å². The summed E-state index contributed by atoms with van der Waals surface area (Å²) in [6.07, 6.45) is 12.0. The molecule has 3 fully saturated rings. The van der Waals surface area contributed by atoms with Crippen molar-refractivity contribution < 1.29 is 4.79 Å². The second-order valence-corrected chi connectivity index (χ2v) is 7.87. The predicted molar refractivity (Wildman–Crippen MR) is 89.8 cm³/mol. The minimum atomic E-state index is 0.204. The normalized spacial score (nSPS) is 26.2. The van der Waals surface area contributed by atoms with Crippen LogP contribution >= 0.6 is 0 Å². The molecule has 4 heteroatoms. The van der Waals surface area contributed by atoms with Gasteiger partial charge in [0.15, 0.2) is 0 Å². The van der Waals surface area contributed by atoms with Crippen molar-refractivity contribution in [2.75, 3.05) is 46.8 Å². The third-order valence-corrected chi connectivity index (χ3v) is 5.65. The standard InChI is InChI=1S/C18H31N3O/c1-19(2)11-6-9-17(22)20-12-10-18(13-20)14-21(15-18)16-7-4-3-5-8-16/h6,9,16H,3-5,7-8,10-15H2,1-2H3/b9-6+. The van der Waals surface area contributed by atoms with E-state index in [1.54, 1.807) is 6.08 Å². The highest BCUT2D eigenvalue weighted by molar-refractivity contribution is 5.87. The molecule has 3 aliphatic rings. The lowest BCUT2D eigenvalue weighted by molar-refractivity contribution is -0.126. The Bertz CT molecular complexity index is 420.